The monoisotopic (exact) mass is 205 g/mol. The number of hydrogen-bond donors (Lipinski definition) is 1. The van der Waals surface area contributed by atoms with Crippen molar-refractivity contribution in [2.45, 2.75) is 31.4 Å². The van der Waals surface area contributed by atoms with E-state index >= 15 is 0 Å². The van der Waals surface area contributed by atoms with Gasteiger partial charge in [-0.25, -0.2) is 0 Å². The molecule has 80 valence electrons. The smallest absolute Gasteiger partial charge is 0.189 e. The van der Waals surface area contributed by atoms with Crippen LogP contribution in [-0.2, 0) is 17.8 Å². The second kappa shape index (κ2) is 3.22. The predicted octanol–water partition coefficient (Wildman–Crippen LogP) is 1.59. The molecule has 15 heavy (non-hydrogen) atoms. The quantitative estimate of drug-likeness (QED) is 0.797. The molecule has 3 rings (SSSR count). The first kappa shape index (κ1) is 9.19. The molecule has 0 aromatic heterocycles. The summed E-state index contributed by atoms with van der Waals surface area (Å²) in [6.07, 6.45) is 3.22. The summed E-state index contributed by atoms with van der Waals surface area (Å²) in [7, 11) is 0. The topological polar surface area (TPSA) is 44.5 Å². The van der Waals surface area contributed by atoms with Crippen molar-refractivity contribution >= 4 is 0 Å². The minimum Gasteiger partial charge on any atom is -0.467 e. The van der Waals surface area contributed by atoms with Gasteiger partial charge in [-0.3, -0.25) is 0 Å². The fraction of sp³-hybridized carbons (Fsp3) is 0.500. The Bertz CT molecular complexity index is 385. The van der Waals surface area contributed by atoms with Gasteiger partial charge in [-0.1, -0.05) is 12.1 Å². The molecule has 2 N–H and O–H groups in total. The average molecular weight is 205 g/mol. The zero-order valence-corrected chi connectivity index (χ0v) is 8.66. The number of rotatable bonds is 2. The molecule has 1 fully saturated rings. The standard InChI is InChI=1S/C12H15NO2/c13-12(4-5-12)6-9-2-1-3-11-10(9)7-14-8-15-11/h1-3H,4-8,13H2. The molecular formula is C12H15NO2. The zero-order valence-electron chi connectivity index (χ0n) is 8.66. The summed E-state index contributed by atoms with van der Waals surface area (Å²) < 4.78 is 10.7. The van der Waals surface area contributed by atoms with Gasteiger partial charge in [0.05, 0.1) is 6.61 Å². The van der Waals surface area contributed by atoms with E-state index in [2.05, 4.69) is 6.07 Å². The Morgan fingerprint density at radius 2 is 2.20 bits per heavy atom. The van der Waals surface area contributed by atoms with Gasteiger partial charge >= 0.3 is 0 Å². The minimum absolute atomic E-state index is 0.0482. The van der Waals surface area contributed by atoms with Crippen LogP contribution in [0.15, 0.2) is 18.2 Å². The normalized spacial score (nSPS) is 21.7. The van der Waals surface area contributed by atoms with Gasteiger partial charge < -0.3 is 15.2 Å². The molecule has 1 saturated carbocycles. The van der Waals surface area contributed by atoms with E-state index in [1.54, 1.807) is 0 Å². The highest BCUT2D eigenvalue weighted by Crippen LogP contribution is 2.38. The van der Waals surface area contributed by atoms with E-state index in [1.807, 2.05) is 12.1 Å². The van der Waals surface area contributed by atoms with Crippen LogP contribution in [0.4, 0.5) is 0 Å². The van der Waals surface area contributed by atoms with Gasteiger partial charge in [-0.2, -0.15) is 0 Å². The number of benzene rings is 1. The fourth-order valence-corrected chi connectivity index (χ4v) is 2.04. The Morgan fingerprint density at radius 1 is 1.33 bits per heavy atom. The third kappa shape index (κ3) is 1.73. The molecular weight excluding hydrogens is 190 g/mol. The Morgan fingerprint density at radius 3 is 3.00 bits per heavy atom. The van der Waals surface area contributed by atoms with E-state index in [0.29, 0.717) is 13.4 Å². The highest BCUT2D eigenvalue weighted by Gasteiger charge is 2.38. The second-order valence-electron chi connectivity index (χ2n) is 4.54. The third-order valence-electron chi connectivity index (χ3n) is 3.21. The summed E-state index contributed by atoms with van der Waals surface area (Å²) in [5.41, 5.74) is 8.64. The Labute approximate surface area is 89.2 Å². The molecule has 1 aliphatic heterocycles. The fourth-order valence-electron chi connectivity index (χ4n) is 2.04. The molecule has 3 heteroatoms. The molecule has 0 spiro atoms. The van der Waals surface area contributed by atoms with E-state index in [9.17, 15) is 0 Å². The summed E-state index contributed by atoms with van der Waals surface area (Å²) in [5.74, 6) is 0.961. The van der Waals surface area contributed by atoms with Gasteiger partial charge in [0.1, 0.15) is 5.75 Å². The van der Waals surface area contributed by atoms with Crippen molar-refractivity contribution in [2.75, 3.05) is 6.79 Å². The first-order chi connectivity index (χ1) is 7.27. The highest BCUT2D eigenvalue weighted by atomic mass is 16.7. The summed E-state index contributed by atoms with van der Waals surface area (Å²) in [4.78, 5) is 0. The highest BCUT2D eigenvalue weighted by molar-refractivity contribution is 5.41. The van der Waals surface area contributed by atoms with Gasteiger partial charge in [-0.15, -0.1) is 0 Å². The van der Waals surface area contributed by atoms with Crippen LogP contribution in [-0.4, -0.2) is 12.3 Å². The zero-order chi connectivity index (χ0) is 10.3. The molecule has 0 amide bonds. The second-order valence-corrected chi connectivity index (χ2v) is 4.54. The van der Waals surface area contributed by atoms with Crippen molar-refractivity contribution in [3.8, 4) is 5.75 Å². The molecule has 1 aromatic rings. The molecule has 0 unspecified atom stereocenters. The summed E-state index contributed by atoms with van der Waals surface area (Å²) in [6, 6.07) is 6.16. The Kier molecular flexibility index (Phi) is 1.97. The summed E-state index contributed by atoms with van der Waals surface area (Å²) >= 11 is 0. The maximum absolute atomic E-state index is 6.13. The van der Waals surface area contributed by atoms with Crippen LogP contribution in [0.1, 0.15) is 24.0 Å². The lowest BCUT2D eigenvalue weighted by Crippen LogP contribution is -2.26. The van der Waals surface area contributed by atoms with Crippen LogP contribution in [0.5, 0.6) is 5.75 Å². The van der Waals surface area contributed by atoms with Crippen molar-refractivity contribution in [2.24, 2.45) is 5.73 Å². The minimum atomic E-state index is 0.0482. The van der Waals surface area contributed by atoms with Crippen LogP contribution in [0, 0.1) is 0 Å². The van der Waals surface area contributed by atoms with Crippen LogP contribution in [0.2, 0.25) is 0 Å². The van der Waals surface area contributed by atoms with Crippen molar-refractivity contribution in [1.29, 1.82) is 0 Å². The van der Waals surface area contributed by atoms with Gasteiger partial charge in [0, 0.05) is 11.1 Å². The molecule has 0 radical (unpaired) electrons. The first-order valence-electron chi connectivity index (χ1n) is 5.37. The van der Waals surface area contributed by atoms with Crippen LogP contribution in [0.3, 0.4) is 0 Å². The Hall–Kier alpha value is -1.06. The van der Waals surface area contributed by atoms with Gasteiger partial charge in [0.25, 0.3) is 0 Å². The average Bonchev–Trinajstić information content (AvgIpc) is 2.97. The van der Waals surface area contributed by atoms with Crippen molar-refractivity contribution in [3.63, 3.8) is 0 Å². The van der Waals surface area contributed by atoms with Crippen LogP contribution < -0.4 is 10.5 Å². The largest absolute Gasteiger partial charge is 0.467 e. The first-order valence-corrected chi connectivity index (χ1v) is 5.37. The van der Waals surface area contributed by atoms with E-state index in [4.69, 9.17) is 15.2 Å². The van der Waals surface area contributed by atoms with E-state index < -0.39 is 0 Å². The lowest BCUT2D eigenvalue weighted by atomic mass is 9.98. The Balaban J connectivity index is 1.92. The number of nitrogens with two attached hydrogens (primary N) is 1. The molecule has 1 heterocycles. The lowest BCUT2D eigenvalue weighted by molar-refractivity contribution is -0.0168. The molecule has 1 aromatic carbocycles. The van der Waals surface area contributed by atoms with Crippen molar-refractivity contribution < 1.29 is 9.47 Å². The van der Waals surface area contributed by atoms with Gasteiger partial charge in [0.2, 0.25) is 0 Å². The van der Waals surface area contributed by atoms with Crippen molar-refractivity contribution in [1.82, 2.24) is 0 Å². The molecule has 1 aliphatic carbocycles. The SMILES string of the molecule is NC1(Cc2cccc3c2COCO3)CC1. The molecule has 3 nitrogen and oxygen atoms in total. The molecule has 0 bridgehead atoms. The van der Waals surface area contributed by atoms with E-state index in [-0.39, 0.29) is 5.54 Å². The maximum atomic E-state index is 6.13. The van der Waals surface area contributed by atoms with Gasteiger partial charge in [-0.05, 0) is 30.9 Å². The number of fused-ring (bicyclic) bond motifs is 1. The van der Waals surface area contributed by atoms with Crippen molar-refractivity contribution in [3.05, 3.63) is 29.3 Å². The van der Waals surface area contributed by atoms with Crippen LogP contribution in [0.25, 0.3) is 0 Å². The predicted molar refractivity (Wildman–Crippen MR) is 56.6 cm³/mol. The third-order valence-corrected chi connectivity index (χ3v) is 3.21. The summed E-state index contributed by atoms with van der Waals surface area (Å²) in [6.45, 7) is 1.02. The lowest BCUT2D eigenvalue weighted by Gasteiger charge is -2.21. The number of hydrogen-bond acceptors (Lipinski definition) is 3. The maximum Gasteiger partial charge on any atom is 0.189 e. The number of ether oxygens (including phenoxy) is 2. The van der Waals surface area contributed by atoms with Crippen LogP contribution >= 0.6 is 0 Å². The molecule has 0 saturated heterocycles. The molecule has 0 atom stereocenters. The molecule has 2 aliphatic rings. The summed E-state index contributed by atoms with van der Waals surface area (Å²) in [5, 5.41) is 0. The van der Waals surface area contributed by atoms with Gasteiger partial charge in [0.15, 0.2) is 6.79 Å². The van der Waals surface area contributed by atoms with E-state index in [1.165, 1.54) is 11.1 Å². The van der Waals surface area contributed by atoms with E-state index in [0.717, 1.165) is 25.0 Å².